The molecule has 0 unspecified atom stereocenters. The fourth-order valence-electron chi connectivity index (χ4n) is 3.12. The van der Waals surface area contributed by atoms with E-state index in [-0.39, 0.29) is 7.24 Å². The van der Waals surface area contributed by atoms with Gasteiger partial charge in [-0.3, -0.25) is 4.57 Å². The van der Waals surface area contributed by atoms with E-state index in [1.807, 2.05) is 29.7 Å². The summed E-state index contributed by atoms with van der Waals surface area (Å²) in [5.74, 6) is 3.98. The maximum Gasteiger partial charge on any atom is 0.191 e. The first-order valence-electron chi connectivity index (χ1n) is 10.4. The van der Waals surface area contributed by atoms with Gasteiger partial charge in [-0.25, -0.2) is 19.3 Å². The van der Waals surface area contributed by atoms with Crippen LogP contribution in [0.3, 0.4) is 0 Å². The van der Waals surface area contributed by atoms with Gasteiger partial charge in [0.25, 0.3) is 0 Å². The molecule has 3 heterocycles. The Labute approximate surface area is 193 Å². The largest absolute Gasteiger partial charge is 0.494 e. The molecule has 0 amide bonds. The van der Waals surface area contributed by atoms with E-state index in [2.05, 4.69) is 39.0 Å². The molecule has 0 aliphatic heterocycles. The predicted octanol–water partition coefficient (Wildman–Crippen LogP) is 4.62. The van der Waals surface area contributed by atoms with Crippen LogP contribution in [0.5, 0.6) is 11.5 Å². The highest BCUT2D eigenvalue weighted by molar-refractivity contribution is 5.63. The average molecular weight is 457 g/mol. The van der Waals surface area contributed by atoms with E-state index in [9.17, 15) is 4.39 Å². The second kappa shape index (κ2) is 10.7. The third-order valence-electron chi connectivity index (χ3n) is 4.56. The fraction of sp³-hybridized carbons (Fsp3) is 0.348. The normalized spacial score (nSPS) is 10.7. The number of aryl methyl sites for hydroxylation is 2. The summed E-state index contributed by atoms with van der Waals surface area (Å²) < 4.78 is 30.3. The number of nitrogens with zero attached hydrogens (tertiary/aromatic N) is 6. The molecule has 0 atom stereocenters. The van der Waals surface area contributed by atoms with Gasteiger partial charge in [0.05, 0.1) is 26.6 Å². The quantitative estimate of drug-likeness (QED) is 0.414. The lowest BCUT2D eigenvalue weighted by Crippen LogP contribution is -2.05. The van der Waals surface area contributed by atoms with Crippen molar-refractivity contribution in [1.82, 2.24) is 29.7 Å². The van der Waals surface area contributed by atoms with Gasteiger partial charge in [-0.1, -0.05) is 19.9 Å². The molecule has 4 aromatic rings. The van der Waals surface area contributed by atoms with Crippen LogP contribution in [0.2, 0.25) is 0 Å². The summed E-state index contributed by atoms with van der Waals surface area (Å²) >= 11 is 0. The molecule has 0 N–H and O–H groups in total. The van der Waals surface area contributed by atoms with Gasteiger partial charge in [0.15, 0.2) is 17.5 Å². The number of benzene rings is 1. The summed E-state index contributed by atoms with van der Waals surface area (Å²) in [6, 6.07) is 5.57. The number of hydrogen-bond donors (Lipinski definition) is 0. The van der Waals surface area contributed by atoms with Crippen LogP contribution in [-0.2, 0) is 6.42 Å². The zero-order valence-corrected chi connectivity index (χ0v) is 19.5. The van der Waals surface area contributed by atoms with Gasteiger partial charge < -0.3 is 13.9 Å². The molecule has 0 aliphatic carbocycles. The molecule has 1 aromatic carbocycles. The van der Waals surface area contributed by atoms with E-state index in [1.54, 1.807) is 27.4 Å². The van der Waals surface area contributed by atoms with Crippen molar-refractivity contribution >= 4 is 0 Å². The van der Waals surface area contributed by atoms with Crippen molar-refractivity contribution in [3.63, 3.8) is 0 Å². The summed E-state index contributed by atoms with van der Waals surface area (Å²) in [6.45, 7) is 7.79. The minimum Gasteiger partial charge on any atom is -0.494 e. The van der Waals surface area contributed by atoms with Crippen molar-refractivity contribution in [3.8, 4) is 28.7 Å². The maximum absolute atomic E-state index is 12.3. The Morgan fingerprint density at radius 3 is 2.21 bits per heavy atom. The van der Waals surface area contributed by atoms with Crippen LogP contribution in [0.1, 0.15) is 32.8 Å². The summed E-state index contributed by atoms with van der Waals surface area (Å²) in [4.78, 5) is 12.0. The minimum absolute atomic E-state index is 0. The number of methoxy groups -OCH3 is 2. The molecule has 0 radical (unpaired) electrons. The Bertz CT molecular complexity index is 1170. The third kappa shape index (κ3) is 5.71. The average Bonchev–Trinajstić information content (AvgIpc) is 3.40. The van der Waals surface area contributed by atoms with Crippen molar-refractivity contribution < 1.29 is 19.7 Å². The number of halogens is 1. The smallest absolute Gasteiger partial charge is 0.191 e. The van der Waals surface area contributed by atoms with Gasteiger partial charge in [-0.15, -0.1) is 10.2 Å². The number of ether oxygens (including phenoxy) is 2. The van der Waals surface area contributed by atoms with Crippen LogP contribution in [-0.4, -0.2) is 43.9 Å². The van der Waals surface area contributed by atoms with Crippen LogP contribution in [0, 0.1) is 25.6 Å². The van der Waals surface area contributed by atoms with Crippen LogP contribution < -0.4 is 9.47 Å². The van der Waals surface area contributed by atoms with Crippen LogP contribution in [0.4, 0.5) is 4.39 Å². The van der Waals surface area contributed by atoms with Crippen LogP contribution in [0.25, 0.3) is 17.2 Å². The Hall–Kier alpha value is -3.82. The molecule has 176 valence electrons. The van der Waals surface area contributed by atoms with Crippen molar-refractivity contribution in [3.05, 3.63) is 60.2 Å². The highest BCUT2D eigenvalue weighted by atomic mass is 19.1. The lowest BCUT2D eigenvalue weighted by Gasteiger charge is -2.15. The third-order valence-corrected chi connectivity index (χ3v) is 4.56. The Morgan fingerprint density at radius 2 is 1.70 bits per heavy atom. The van der Waals surface area contributed by atoms with Crippen molar-refractivity contribution in [1.29, 1.82) is 0 Å². The second-order valence-electron chi connectivity index (χ2n) is 7.58. The van der Waals surface area contributed by atoms with Crippen molar-refractivity contribution in [2.24, 2.45) is 5.92 Å². The number of oxazole rings is 1. The van der Waals surface area contributed by atoms with Crippen LogP contribution >= 0.6 is 0 Å². The van der Waals surface area contributed by atoms with E-state index in [0.29, 0.717) is 46.5 Å². The van der Waals surface area contributed by atoms with E-state index in [1.165, 1.54) is 12.4 Å². The Kier molecular flexibility index (Phi) is 7.70. The van der Waals surface area contributed by atoms with E-state index < -0.39 is 0 Å². The summed E-state index contributed by atoms with van der Waals surface area (Å²) in [5.41, 5.74) is 1.33. The number of rotatable bonds is 6. The van der Waals surface area contributed by atoms with E-state index in [4.69, 9.17) is 13.9 Å². The van der Waals surface area contributed by atoms with E-state index >= 15 is 0 Å². The number of hydrogen-bond acceptors (Lipinski definition) is 8. The second-order valence-corrected chi connectivity index (χ2v) is 7.58. The summed E-state index contributed by atoms with van der Waals surface area (Å²) in [5, 5.41) is 8.36. The molecule has 0 bridgehead atoms. The Balaban J connectivity index is 0.000000289. The summed E-state index contributed by atoms with van der Waals surface area (Å²) in [7, 11) is 3.22. The molecule has 4 rings (SSSR count). The first kappa shape index (κ1) is 23.8. The minimum atomic E-state index is -0.377. The summed E-state index contributed by atoms with van der Waals surface area (Å²) in [6.07, 6.45) is 4.76. The monoisotopic (exact) mass is 456 g/mol. The van der Waals surface area contributed by atoms with Gasteiger partial charge in [-0.2, -0.15) is 0 Å². The number of aromatic nitrogens is 6. The van der Waals surface area contributed by atoms with Gasteiger partial charge >= 0.3 is 0 Å². The molecule has 0 saturated heterocycles. The van der Waals surface area contributed by atoms with Gasteiger partial charge in [0.2, 0.25) is 0 Å². The molecule has 9 nitrogen and oxygen atoms in total. The SMILES string of the molecule is CC(C)Cc1ncc(F)cn1.COc1cccc(OC)c1-n1c(C)nnc1-c1coc(C)n1.[HH]. The number of para-hydroxylation sites is 1. The molecule has 0 fully saturated rings. The Morgan fingerprint density at radius 1 is 1.06 bits per heavy atom. The zero-order chi connectivity index (χ0) is 24.0. The van der Waals surface area contributed by atoms with Gasteiger partial charge in [-0.05, 0) is 25.0 Å². The first-order valence-corrected chi connectivity index (χ1v) is 10.4. The van der Waals surface area contributed by atoms with Crippen molar-refractivity contribution in [2.45, 2.75) is 34.1 Å². The van der Waals surface area contributed by atoms with E-state index in [0.717, 1.165) is 12.1 Å². The first-order chi connectivity index (χ1) is 15.8. The standard InChI is InChI=1S/C15H16N4O3.C8H11FN2.H2/c1-9-17-18-15(11-8-22-10(2)16-11)19(9)14-12(20-3)6-5-7-13(14)21-4;1-6(2)3-8-10-4-7(9)5-11-8;/h5-8H,1-4H3;4-6H,3H2,1-2H3;1H. The molecule has 33 heavy (non-hydrogen) atoms. The molecule has 0 aliphatic rings. The molecule has 3 aromatic heterocycles. The highest BCUT2D eigenvalue weighted by Crippen LogP contribution is 2.35. The zero-order valence-electron chi connectivity index (χ0n) is 19.5. The van der Waals surface area contributed by atoms with Crippen LogP contribution in [0.15, 0.2) is 41.3 Å². The maximum atomic E-state index is 12.3. The lowest BCUT2D eigenvalue weighted by molar-refractivity contribution is 0.391. The predicted molar refractivity (Wildman–Crippen MR) is 122 cm³/mol. The molecule has 0 spiro atoms. The topological polar surface area (TPSA) is 101 Å². The van der Waals surface area contributed by atoms with Crippen molar-refractivity contribution in [2.75, 3.05) is 14.2 Å². The molecular weight excluding hydrogens is 427 g/mol. The lowest BCUT2D eigenvalue weighted by atomic mass is 10.1. The molecular formula is C23H29FN6O3. The molecule has 10 heteroatoms. The van der Waals surface area contributed by atoms with Gasteiger partial charge in [0.1, 0.15) is 40.8 Å². The molecule has 0 saturated carbocycles. The fourth-order valence-corrected chi connectivity index (χ4v) is 3.12. The van der Waals surface area contributed by atoms with Gasteiger partial charge in [0, 0.05) is 14.8 Å². The highest BCUT2D eigenvalue weighted by Gasteiger charge is 2.21.